The highest BCUT2D eigenvalue weighted by Crippen LogP contribution is 2.36. The van der Waals surface area contributed by atoms with Gasteiger partial charge in [0.1, 0.15) is 5.10 Å². The zero-order valence-corrected chi connectivity index (χ0v) is 9.31. The lowest BCUT2D eigenvalue weighted by Gasteiger charge is -1.93. The third kappa shape index (κ3) is 2.18. The van der Waals surface area contributed by atoms with Crippen LogP contribution in [0.1, 0.15) is 5.82 Å². The summed E-state index contributed by atoms with van der Waals surface area (Å²) in [7, 11) is 0. The molecule has 2 aromatic rings. The minimum atomic E-state index is -0.996. The number of nitrogens with zero attached hydrogens (tertiary/aromatic N) is 10. The molecule has 0 radical (unpaired) electrons. The lowest BCUT2D eigenvalue weighted by atomic mass is 10.5. The highest BCUT2D eigenvalue weighted by molar-refractivity contribution is 5.64. The number of H-pyrrole nitrogens is 1. The predicted octanol–water partition coefficient (Wildman–Crippen LogP) is 0.203. The van der Waals surface area contributed by atoms with E-state index in [9.17, 15) is 20.2 Å². The summed E-state index contributed by atoms with van der Waals surface area (Å²) in [6, 6.07) is 0. The summed E-state index contributed by atoms with van der Waals surface area (Å²) >= 11 is 0. The molecule has 15 heteroatoms. The van der Waals surface area contributed by atoms with Crippen molar-refractivity contribution in [1.29, 1.82) is 0 Å². The normalized spacial score (nSPS) is 10.0. The Bertz CT molecular complexity index is 710. The molecule has 0 fully saturated rings. The fourth-order valence-corrected chi connectivity index (χ4v) is 1.36. The quantitative estimate of drug-likeness (QED) is 0.262. The summed E-state index contributed by atoms with van der Waals surface area (Å²) in [5, 5.41) is 40.5. The second-order valence-corrected chi connectivity index (χ2v) is 3.19. The number of aromatic nitrogens is 6. The Balaban J connectivity index is 2.61. The van der Waals surface area contributed by atoms with Gasteiger partial charge in [-0.2, -0.15) is 5.21 Å². The van der Waals surface area contributed by atoms with Gasteiger partial charge in [0.05, 0.1) is 0 Å². The molecule has 0 saturated heterocycles. The van der Waals surface area contributed by atoms with Crippen LogP contribution in [0.5, 0.6) is 0 Å². The SMILES string of the molecule is [N-]=[N+]=Nc1c([N+](=O)[O-])nn(Cc2nn[nH]n2)c1[N+](=O)[O-]. The maximum atomic E-state index is 11.0. The molecular formula is C5H3N11O4. The average molecular weight is 281 g/mol. The molecular weight excluding hydrogens is 278 g/mol. The maximum Gasteiger partial charge on any atom is 0.430 e. The van der Waals surface area contributed by atoms with Crippen molar-refractivity contribution in [3.63, 3.8) is 0 Å². The summed E-state index contributed by atoms with van der Waals surface area (Å²) in [6.45, 7) is -0.353. The number of nitrogens with one attached hydrogen (secondary N) is 1. The van der Waals surface area contributed by atoms with Crippen molar-refractivity contribution in [2.24, 2.45) is 5.11 Å². The highest BCUT2D eigenvalue weighted by atomic mass is 16.6. The molecule has 0 saturated carbocycles. The fraction of sp³-hybridized carbons (Fsp3) is 0.200. The van der Waals surface area contributed by atoms with E-state index in [0.717, 1.165) is 0 Å². The Hall–Kier alpha value is -3.61. The van der Waals surface area contributed by atoms with E-state index in [4.69, 9.17) is 5.53 Å². The number of hydrogen-bond donors (Lipinski definition) is 1. The summed E-state index contributed by atoms with van der Waals surface area (Å²) in [6.07, 6.45) is 0. The molecule has 2 rings (SSSR count). The number of hydrogen-bond acceptors (Lipinski definition) is 9. The fourth-order valence-electron chi connectivity index (χ4n) is 1.36. The number of aromatic amines is 1. The van der Waals surface area contributed by atoms with Crippen molar-refractivity contribution >= 4 is 17.3 Å². The Kier molecular flexibility index (Phi) is 3.17. The maximum absolute atomic E-state index is 11.0. The molecule has 15 nitrogen and oxygen atoms in total. The van der Waals surface area contributed by atoms with E-state index in [1.54, 1.807) is 0 Å². The van der Waals surface area contributed by atoms with Gasteiger partial charge in [-0.15, -0.1) is 10.2 Å². The van der Waals surface area contributed by atoms with Gasteiger partial charge in [0.15, 0.2) is 6.54 Å². The number of azide groups is 1. The van der Waals surface area contributed by atoms with Gasteiger partial charge in [0, 0.05) is 4.91 Å². The number of rotatable bonds is 5. The van der Waals surface area contributed by atoms with Crippen LogP contribution in [0.4, 0.5) is 17.3 Å². The Labute approximate surface area is 107 Å². The van der Waals surface area contributed by atoms with Gasteiger partial charge < -0.3 is 20.2 Å². The van der Waals surface area contributed by atoms with E-state index in [-0.39, 0.29) is 12.4 Å². The number of nitro groups is 2. The molecule has 0 amide bonds. The van der Waals surface area contributed by atoms with Crippen molar-refractivity contribution in [1.82, 2.24) is 30.4 Å². The van der Waals surface area contributed by atoms with E-state index in [1.165, 1.54) is 0 Å². The molecule has 0 aliphatic rings. The second-order valence-electron chi connectivity index (χ2n) is 3.19. The minimum absolute atomic E-state index is 0.0120. The van der Waals surface area contributed by atoms with Gasteiger partial charge in [-0.25, -0.2) is 0 Å². The van der Waals surface area contributed by atoms with Crippen molar-refractivity contribution < 1.29 is 9.85 Å². The molecule has 102 valence electrons. The summed E-state index contributed by atoms with van der Waals surface area (Å²) in [4.78, 5) is 22.1. The lowest BCUT2D eigenvalue weighted by molar-refractivity contribution is -0.393. The first kappa shape index (κ1) is 12.8. The summed E-state index contributed by atoms with van der Waals surface area (Å²) in [5.74, 6) is -1.75. The van der Waals surface area contributed by atoms with E-state index in [1.807, 2.05) is 0 Å². The van der Waals surface area contributed by atoms with E-state index < -0.39 is 27.2 Å². The van der Waals surface area contributed by atoms with Crippen molar-refractivity contribution in [2.75, 3.05) is 0 Å². The minimum Gasteiger partial charge on any atom is -0.358 e. The van der Waals surface area contributed by atoms with Crippen molar-refractivity contribution in [3.8, 4) is 0 Å². The molecule has 0 aliphatic heterocycles. The highest BCUT2D eigenvalue weighted by Gasteiger charge is 2.36. The molecule has 20 heavy (non-hydrogen) atoms. The van der Waals surface area contributed by atoms with Crippen LogP contribution in [0.2, 0.25) is 0 Å². The van der Waals surface area contributed by atoms with Crippen LogP contribution in [0, 0.1) is 20.2 Å². The van der Waals surface area contributed by atoms with Crippen LogP contribution in [0.3, 0.4) is 0 Å². The van der Waals surface area contributed by atoms with Gasteiger partial charge in [-0.3, -0.25) is 0 Å². The third-order valence-corrected chi connectivity index (χ3v) is 2.05. The molecule has 0 spiro atoms. The Morgan fingerprint density at radius 1 is 1.40 bits per heavy atom. The zero-order valence-electron chi connectivity index (χ0n) is 9.31. The Morgan fingerprint density at radius 3 is 2.65 bits per heavy atom. The first-order chi connectivity index (χ1) is 9.54. The molecule has 2 aromatic heterocycles. The molecule has 0 unspecified atom stereocenters. The number of tetrazole rings is 1. The monoisotopic (exact) mass is 281 g/mol. The smallest absolute Gasteiger partial charge is 0.358 e. The van der Waals surface area contributed by atoms with Gasteiger partial charge >= 0.3 is 11.6 Å². The predicted molar refractivity (Wildman–Crippen MR) is 57.6 cm³/mol. The Morgan fingerprint density at radius 2 is 2.15 bits per heavy atom. The van der Waals surface area contributed by atoms with E-state index in [0.29, 0.717) is 4.68 Å². The first-order valence-electron chi connectivity index (χ1n) is 4.71. The van der Waals surface area contributed by atoms with Crippen molar-refractivity contribution in [2.45, 2.75) is 6.54 Å². The molecule has 2 heterocycles. The molecule has 0 aliphatic carbocycles. The molecule has 0 atom stereocenters. The van der Waals surface area contributed by atoms with Crippen LogP contribution >= 0.6 is 0 Å². The third-order valence-electron chi connectivity index (χ3n) is 2.05. The van der Waals surface area contributed by atoms with E-state index in [2.05, 4.69) is 35.7 Å². The van der Waals surface area contributed by atoms with Gasteiger partial charge in [-0.1, -0.05) is 5.21 Å². The largest absolute Gasteiger partial charge is 0.430 e. The van der Waals surface area contributed by atoms with E-state index >= 15 is 0 Å². The molecule has 0 bridgehead atoms. The van der Waals surface area contributed by atoms with Crippen LogP contribution in [0.25, 0.3) is 10.4 Å². The van der Waals surface area contributed by atoms with Gasteiger partial charge in [0.25, 0.3) is 0 Å². The van der Waals surface area contributed by atoms with Crippen LogP contribution < -0.4 is 0 Å². The summed E-state index contributed by atoms with van der Waals surface area (Å²) in [5.41, 5.74) is 7.55. The van der Waals surface area contributed by atoms with Crippen LogP contribution in [-0.2, 0) is 6.54 Å². The molecule has 1 N–H and O–H groups in total. The second kappa shape index (κ2) is 4.94. The molecule has 0 aromatic carbocycles. The summed E-state index contributed by atoms with van der Waals surface area (Å²) < 4.78 is 0.646. The lowest BCUT2D eigenvalue weighted by Crippen LogP contribution is -2.07. The first-order valence-corrected chi connectivity index (χ1v) is 4.71. The average Bonchev–Trinajstić information content (AvgIpc) is 2.98. The van der Waals surface area contributed by atoms with Crippen molar-refractivity contribution in [3.05, 3.63) is 36.5 Å². The van der Waals surface area contributed by atoms with Gasteiger partial charge in [-0.05, 0) is 25.2 Å². The van der Waals surface area contributed by atoms with Crippen LogP contribution in [-0.4, -0.2) is 40.3 Å². The van der Waals surface area contributed by atoms with Gasteiger partial charge in [0.2, 0.25) is 11.5 Å². The van der Waals surface area contributed by atoms with Crippen LogP contribution in [0.15, 0.2) is 5.11 Å². The zero-order chi connectivity index (χ0) is 14.7. The standard InChI is InChI=1S/C5H3N11O4/c6-11-9-3-4(15(17)18)10-14(5(3)16(19)20)1-2-7-12-13-8-2/h1H2,(H,7,8,12,13). The topological polar surface area (TPSA) is 207 Å².